The third kappa shape index (κ3) is 5.47. The number of hydrogen-bond acceptors (Lipinski definition) is 3. The molecule has 2 amide bonds. The Bertz CT molecular complexity index is 605. The van der Waals surface area contributed by atoms with Crippen LogP contribution in [0.5, 0.6) is 0 Å². The van der Waals surface area contributed by atoms with Crippen LogP contribution in [-0.2, 0) is 0 Å². The van der Waals surface area contributed by atoms with Gasteiger partial charge in [0.05, 0.1) is 11.1 Å². The molecule has 6 nitrogen and oxygen atoms in total. The second-order valence-corrected chi connectivity index (χ2v) is 7.29. The minimum Gasteiger partial charge on any atom is -0.412 e. The minimum absolute atomic E-state index is 0. The summed E-state index contributed by atoms with van der Waals surface area (Å²) in [4.78, 5) is 21.9. The number of halogens is 2. The van der Waals surface area contributed by atoms with E-state index in [1.807, 2.05) is 0 Å². The largest absolute Gasteiger partial charge is 0.412 e. The molecule has 2 saturated carbocycles. The van der Waals surface area contributed by atoms with E-state index >= 15 is 0 Å². The van der Waals surface area contributed by atoms with E-state index in [9.17, 15) is 18.4 Å². The average Bonchev–Trinajstić information content (AvgIpc) is 3.15. The van der Waals surface area contributed by atoms with Gasteiger partial charge in [-0.05, 0) is 49.1 Å². The van der Waals surface area contributed by atoms with Gasteiger partial charge in [0.1, 0.15) is 0 Å². The fourth-order valence-corrected chi connectivity index (χ4v) is 4.29. The van der Waals surface area contributed by atoms with Crippen LogP contribution in [0.15, 0.2) is 24.3 Å². The number of carbonyl (C=O) groups excluding carboxylic acids is 2. The SMILES string of the molecule is FC(F)(S)CC1CC2CCC1C2.O.O.O.O=C1NC(=O)c2ccccc21. The molecule has 4 rings (SSSR count). The summed E-state index contributed by atoms with van der Waals surface area (Å²) in [5.74, 6) is 1.01. The van der Waals surface area contributed by atoms with Crippen LogP contribution in [0.25, 0.3) is 0 Å². The second-order valence-electron chi connectivity index (χ2n) is 6.63. The molecule has 0 aromatic heterocycles. The fourth-order valence-electron chi connectivity index (χ4n) is 4.06. The van der Waals surface area contributed by atoms with Crippen LogP contribution in [0, 0.1) is 17.8 Å². The predicted octanol–water partition coefficient (Wildman–Crippen LogP) is 1.43. The number of carbonyl (C=O) groups is 2. The molecule has 148 valence electrons. The Labute approximate surface area is 155 Å². The zero-order valence-corrected chi connectivity index (χ0v) is 15.0. The first-order chi connectivity index (χ1) is 10.8. The van der Waals surface area contributed by atoms with E-state index in [-0.39, 0.29) is 40.6 Å². The van der Waals surface area contributed by atoms with Crippen molar-refractivity contribution in [3.05, 3.63) is 35.4 Å². The first-order valence-corrected chi connectivity index (χ1v) is 8.33. The number of hydrogen-bond donors (Lipinski definition) is 2. The Morgan fingerprint density at radius 2 is 1.54 bits per heavy atom. The molecule has 3 atom stereocenters. The quantitative estimate of drug-likeness (QED) is 0.579. The van der Waals surface area contributed by atoms with Crippen LogP contribution in [0.2, 0.25) is 0 Å². The highest BCUT2D eigenvalue weighted by Crippen LogP contribution is 2.51. The van der Waals surface area contributed by atoms with Crippen molar-refractivity contribution >= 4 is 24.4 Å². The van der Waals surface area contributed by atoms with Crippen LogP contribution in [0.3, 0.4) is 0 Å². The number of benzene rings is 1. The highest BCUT2D eigenvalue weighted by molar-refractivity contribution is 7.81. The second kappa shape index (κ2) is 9.40. The lowest BCUT2D eigenvalue weighted by molar-refractivity contribution is 0.0647. The molecule has 2 aliphatic carbocycles. The van der Waals surface area contributed by atoms with E-state index in [4.69, 9.17) is 0 Å². The van der Waals surface area contributed by atoms with Crippen molar-refractivity contribution in [2.45, 2.75) is 37.4 Å². The van der Waals surface area contributed by atoms with Gasteiger partial charge < -0.3 is 16.4 Å². The lowest BCUT2D eigenvalue weighted by Crippen LogP contribution is -2.19. The van der Waals surface area contributed by atoms with E-state index in [1.54, 1.807) is 24.3 Å². The normalized spacial score (nSPS) is 25.0. The minimum atomic E-state index is -2.74. The van der Waals surface area contributed by atoms with Gasteiger partial charge in [0.25, 0.3) is 17.1 Å². The van der Waals surface area contributed by atoms with Gasteiger partial charge in [-0.15, -0.1) is 12.6 Å². The van der Waals surface area contributed by atoms with Crippen LogP contribution in [-0.4, -0.2) is 33.5 Å². The number of amides is 2. The van der Waals surface area contributed by atoms with E-state index in [0.29, 0.717) is 17.0 Å². The zero-order valence-electron chi connectivity index (χ0n) is 14.1. The number of rotatable bonds is 2. The van der Waals surface area contributed by atoms with E-state index in [0.717, 1.165) is 12.3 Å². The molecule has 1 aromatic carbocycles. The summed E-state index contributed by atoms with van der Waals surface area (Å²) in [5, 5.41) is -0.537. The van der Waals surface area contributed by atoms with Gasteiger partial charge in [-0.3, -0.25) is 14.9 Å². The summed E-state index contributed by atoms with van der Waals surface area (Å²) in [6.07, 6.45) is 4.69. The molecule has 7 N–H and O–H groups in total. The summed E-state index contributed by atoms with van der Waals surface area (Å²) < 4.78 is 25.1. The Balaban J connectivity index is 0.000000432. The standard InChI is InChI=1S/C9H14F2S.C8H5NO2.3H2O/c10-9(11,12)5-8-4-6-1-2-7(8)3-6;10-7-5-3-1-2-4-6(5)8(11)9-7;;;/h6-8,12H,1-5H2;1-4H,(H,9,10,11);3*1H2. The predicted molar refractivity (Wildman–Crippen MR) is 96.6 cm³/mol. The van der Waals surface area contributed by atoms with Crippen LogP contribution >= 0.6 is 12.6 Å². The van der Waals surface area contributed by atoms with E-state index < -0.39 is 5.25 Å². The van der Waals surface area contributed by atoms with Gasteiger partial charge in [-0.2, -0.15) is 8.78 Å². The Hall–Kier alpha value is -1.55. The molecule has 1 aromatic rings. The topological polar surface area (TPSA) is 141 Å². The zero-order chi connectivity index (χ0) is 16.6. The molecule has 0 spiro atoms. The van der Waals surface area contributed by atoms with Gasteiger partial charge in [0, 0.05) is 6.42 Å². The van der Waals surface area contributed by atoms with Gasteiger partial charge in [0.15, 0.2) is 0 Å². The molecule has 1 heterocycles. The molecule has 2 fully saturated rings. The van der Waals surface area contributed by atoms with Crippen molar-refractivity contribution < 1.29 is 34.8 Å². The molecule has 2 bridgehead atoms. The van der Waals surface area contributed by atoms with E-state index in [1.165, 1.54) is 19.3 Å². The number of fused-ring (bicyclic) bond motifs is 3. The highest BCUT2D eigenvalue weighted by Gasteiger charge is 2.43. The summed E-state index contributed by atoms with van der Waals surface area (Å²) in [7, 11) is 0. The van der Waals surface area contributed by atoms with E-state index in [2.05, 4.69) is 17.9 Å². The average molecular weight is 393 g/mol. The molecular weight excluding hydrogens is 368 g/mol. The highest BCUT2D eigenvalue weighted by atomic mass is 32.1. The van der Waals surface area contributed by atoms with Gasteiger partial charge in [-0.1, -0.05) is 18.6 Å². The monoisotopic (exact) mass is 393 g/mol. The van der Waals surface area contributed by atoms with Gasteiger partial charge in [-0.25, -0.2) is 0 Å². The Morgan fingerprint density at radius 1 is 1.00 bits per heavy atom. The third-order valence-electron chi connectivity index (χ3n) is 5.04. The Kier molecular flexibility index (Phi) is 8.84. The van der Waals surface area contributed by atoms with Crippen molar-refractivity contribution in [3.63, 3.8) is 0 Å². The first-order valence-electron chi connectivity index (χ1n) is 7.88. The van der Waals surface area contributed by atoms with Crippen molar-refractivity contribution in [2.75, 3.05) is 0 Å². The lowest BCUT2D eigenvalue weighted by atomic mass is 9.86. The molecule has 9 heteroatoms. The molecule has 3 aliphatic rings. The third-order valence-corrected chi connectivity index (χ3v) is 5.22. The summed E-state index contributed by atoms with van der Waals surface area (Å²) in [5.41, 5.74) is 0.940. The number of nitrogens with one attached hydrogen (secondary N) is 1. The van der Waals surface area contributed by atoms with Crippen LogP contribution in [0.4, 0.5) is 8.78 Å². The Morgan fingerprint density at radius 3 is 1.92 bits per heavy atom. The smallest absolute Gasteiger partial charge is 0.291 e. The number of imide groups is 1. The molecular formula is C17H25F2NO5S. The maximum Gasteiger partial charge on any atom is 0.291 e. The summed E-state index contributed by atoms with van der Waals surface area (Å²) in [6.45, 7) is 0. The summed E-state index contributed by atoms with van der Waals surface area (Å²) in [6, 6.07) is 6.74. The lowest BCUT2D eigenvalue weighted by Gasteiger charge is -2.23. The summed E-state index contributed by atoms with van der Waals surface area (Å²) >= 11 is 3.29. The maximum atomic E-state index is 12.6. The van der Waals surface area contributed by atoms with Crippen molar-refractivity contribution in [1.82, 2.24) is 5.32 Å². The van der Waals surface area contributed by atoms with Crippen molar-refractivity contribution in [1.29, 1.82) is 0 Å². The van der Waals surface area contributed by atoms with Crippen LogP contribution < -0.4 is 5.32 Å². The first kappa shape index (κ1) is 24.5. The molecule has 1 aliphatic heterocycles. The molecule has 0 saturated heterocycles. The van der Waals surface area contributed by atoms with Gasteiger partial charge >= 0.3 is 0 Å². The van der Waals surface area contributed by atoms with Crippen molar-refractivity contribution in [3.8, 4) is 0 Å². The fraction of sp³-hybridized carbons (Fsp3) is 0.529. The molecule has 3 unspecified atom stereocenters. The van der Waals surface area contributed by atoms with Crippen molar-refractivity contribution in [2.24, 2.45) is 17.8 Å². The molecule has 0 radical (unpaired) electrons. The van der Waals surface area contributed by atoms with Crippen LogP contribution in [0.1, 0.15) is 52.8 Å². The molecule has 26 heavy (non-hydrogen) atoms. The number of alkyl halides is 2. The number of thiol groups is 1. The maximum absolute atomic E-state index is 12.6. The van der Waals surface area contributed by atoms with Gasteiger partial charge in [0.2, 0.25) is 0 Å².